The van der Waals surface area contributed by atoms with Crippen LogP contribution >= 0.6 is 0 Å². The lowest BCUT2D eigenvalue weighted by molar-refractivity contribution is -0.150. The number of amides is 2. The van der Waals surface area contributed by atoms with E-state index in [2.05, 4.69) is 5.32 Å². The highest BCUT2D eigenvalue weighted by atomic mass is 19.1. The van der Waals surface area contributed by atoms with Crippen molar-refractivity contribution in [3.8, 4) is 5.75 Å². The van der Waals surface area contributed by atoms with Crippen LogP contribution in [0.1, 0.15) is 22.8 Å². The molecule has 154 valence electrons. The molecule has 0 bridgehead atoms. The zero-order chi connectivity index (χ0) is 21.2. The lowest BCUT2D eigenvalue weighted by Gasteiger charge is -2.17. The molecule has 2 rings (SSSR count). The number of likely N-dealkylation sites (N-methyl/N-ethyl adjacent to an activating group) is 1. The highest BCUT2D eigenvalue weighted by Gasteiger charge is 2.15. The van der Waals surface area contributed by atoms with Crippen LogP contribution in [-0.4, -0.2) is 49.5 Å². The van der Waals surface area contributed by atoms with E-state index in [-0.39, 0.29) is 5.56 Å². The topological polar surface area (TPSA) is 84.9 Å². The van der Waals surface area contributed by atoms with Crippen LogP contribution in [0.2, 0.25) is 0 Å². The van der Waals surface area contributed by atoms with Gasteiger partial charge in [0.05, 0.1) is 12.2 Å². The first-order valence-corrected chi connectivity index (χ1v) is 9.04. The molecule has 0 radical (unpaired) electrons. The molecule has 0 unspecified atom stereocenters. The molecule has 2 amide bonds. The van der Waals surface area contributed by atoms with Crippen molar-refractivity contribution in [2.24, 2.45) is 0 Å². The Kier molecular flexibility index (Phi) is 8.14. The van der Waals surface area contributed by atoms with Crippen molar-refractivity contribution in [3.63, 3.8) is 0 Å². The third kappa shape index (κ3) is 6.91. The van der Waals surface area contributed by atoms with Crippen molar-refractivity contribution >= 4 is 17.8 Å². The minimum atomic E-state index is -0.794. The Morgan fingerprint density at radius 2 is 1.76 bits per heavy atom. The molecule has 8 heteroatoms. The van der Waals surface area contributed by atoms with Crippen molar-refractivity contribution in [2.45, 2.75) is 13.5 Å². The molecule has 0 spiro atoms. The molecule has 0 saturated carbocycles. The fourth-order valence-electron chi connectivity index (χ4n) is 2.42. The molecule has 1 N–H and O–H groups in total. The van der Waals surface area contributed by atoms with Gasteiger partial charge in [-0.1, -0.05) is 24.3 Å². The summed E-state index contributed by atoms with van der Waals surface area (Å²) in [4.78, 5) is 37.1. The van der Waals surface area contributed by atoms with Gasteiger partial charge in [0.25, 0.3) is 11.8 Å². The number of hydrogen-bond donors (Lipinski definition) is 1. The number of benzene rings is 2. The largest absolute Gasteiger partial charge is 0.494 e. The normalized spacial score (nSPS) is 10.2. The summed E-state index contributed by atoms with van der Waals surface area (Å²) in [7, 11) is 1.59. The predicted molar refractivity (Wildman–Crippen MR) is 104 cm³/mol. The molecule has 2 aromatic rings. The highest BCUT2D eigenvalue weighted by molar-refractivity contribution is 5.96. The number of carbonyl (C=O) groups is 3. The Bertz CT molecular complexity index is 854. The summed E-state index contributed by atoms with van der Waals surface area (Å²) in [5.74, 6) is -1.87. The van der Waals surface area contributed by atoms with Gasteiger partial charge in [-0.2, -0.15) is 0 Å². The van der Waals surface area contributed by atoms with Gasteiger partial charge in [-0.25, -0.2) is 4.39 Å². The average molecular weight is 402 g/mol. The maximum Gasteiger partial charge on any atom is 0.325 e. The lowest BCUT2D eigenvalue weighted by atomic mass is 10.2. The summed E-state index contributed by atoms with van der Waals surface area (Å²) >= 11 is 0. The molecule has 0 aromatic heterocycles. The van der Waals surface area contributed by atoms with E-state index < -0.39 is 36.8 Å². The minimum absolute atomic E-state index is 0.175. The highest BCUT2D eigenvalue weighted by Crippen LogP contribution is 2.13. The maximum atomic E-state index is 13.5. The molecule has 2 aromatic carbocycles. The SMILES string of the molecule is CCOc1ccc(CN(C)C(=O)COC(=O)CNC(=O)c2ccccc2F)cc1. The van der Waals surface area contributed by atoms with Crippen molar-refractivity contribution in [3.05, 3.63) is 65.5 Å². The second-order valence-corrected chi connectivity index (χ2v) is 6.15. The van der Waals surface area contributed by atoms with Gasteiger partial charge in [0.15, 0.2) is 6.61 Å². The van der Waals surface area contributed by atoms with Crippen molar-refractivity contribution in [1.82, 2.24) is 10.2 Å². The van der Waals surface area contributed by atoms with Crippen molar-refractivity contribution < 1.29 is 28.2 Å². The van der Waals surface area contributed by atoms with Crippen LogP contribution in [0.3, 0.4) is 0 Å². The summed E-state index contributed by atoms with van der Waals surface area (Å²) in [6.07, 6.45) is 0. The van der Waals surface area contributed by atoms with Crippen LogP contribution in [0.4, 0.5) is 4.39 Å². The van der Waals surface area contributed by atoms with Crippen LogP contribution in [0.25, 0.3) is 0 Å². The number of esters is 1. The van der Waals surface area contributed by atoms with Crippen molar-refractivity contribution in [1.29, 1.82) is 0 Å². The lowest BCUT2D eigenvalue weighted by Crippen LogP contribution is -2.34. The maximum absolute atomic E-state index is 13.5. The van der Waals surface area contributed by atoms with Crippen LogP contribution in [0.5, 0.6) is 5.75 Å². The average Bonchev–Trinajstić information content (AvgIpc) is 2.72. The molecule has 0 heterocycles. The van der Waals surface area contributed by atoms with Crippen LogP contribution in [-0.2, 0) is 20.9 Å². The number of nitrogens with zero attached hydrogens (tertiary/aromatic N) is 1. The molecule has 7 nitrogen and oxygen atoms in total. The summed E-state index contributed by atoms with van der Waals surface area (Å²) < 4.78 is 23.7. The van der Waals surface area contributed by atoms with E-state index in [4.69, 9.17) is 9.47 Å². The summed E-state index contributed by atoms with van der Waals surface area (Å²) in [6, 6.07) is 12.7. The van der Waals surface area contributed by atoms with E-state index in [1.54, 1.807) is 7.05 Å². The fourth-order valence-corrected chi connectivity index (χ4v) is 2.42. The molecule has 0 aliphatic carbocycles. The number of carbonyl (C=O) groups excluding carboxylic acids is 3. The molecule has 0 fully saturated rings. The Balaban J connectivity index is 1.74. The van der Waals surface area contributed by atoms with Gasteiger partial charge in [-0.15, -0.1) is 0 Å². The quantitative estimate of drug-likeness (QED) is 0.650. The van der Waals surface area contributed by atoms with E-state index in [1.165, 1.54) is 23.1 Å². The third-order valence-corrected chi connectivity index (χ3v) is 3.95. The van der Waals surface area contributed by atoms with Gasteiger partial charge in [-0.05, 0) is 36.8 Å². The number of halogens is 1. The number of rotatable bonds is 9. The molecule has 0 aliphatic heterocycles. The van der Waals surface area contributed by atoms with Gasteiger partial charge >= 0.3 is 5.97 Å². The van der Waals surface area contributed by atoms with E-state index >= 15 is 0 Å². The third-order valence-electron chi connectivity index (χ3n) is 3.95. The van der Waals surface area contributed by atoms with Gasteiger partial charge in [0.1, 0.15) is 18.1 Å². The molecule has 0 aliphatic rings. The molecule has 0 saturated heterocycles. The molecular weight excluding hydrogens is 379 g/mol. The van der Waals surface area contributed by atoms with Crippen LogP contribution < -0.4 is 10.1 Å². The van der Waals surface area contributed by atoms with Gasteiger partial charge < -0.3 is 19.7 Å². The fraction of sp³-hybridized carbons (Fsp3) is 0.286. The smallest absolute Gasteiger partial charge is 0.325 e. The first-order chi connectivity index (χ1) is 13.9. The molecule has 0 atom stereocenters. The summed E-state index contributed by atoms with van der Waals surface area (Å²) in [5, 5.41) is 2.26. The molecular formula is C21H23FN2O5. The van der Waals surface area contributed by atoms with E-state index in [9.17, 15) is 18.8 Å². The first-order valence-electron chi connectivity index (χ1n) is 9.04. The zero-order valence-electron chi connectivity index (χ0n) is 16.3. The van der Waals surface area contributed by atoms with Crippen LogP contribution in [0.15, 0.2) is 48.5 Å². The zero-order valence-corrected chi connectivity index (χ0v) is 16.3. The van der Waals surface area contributed by atoms with Crippen LogP contribution in [0, 0.1) is 5.82 Å². The second-order valence-electron chi connectivity index (χ2n) is 6.15. The van der Waals surface area contributed by atoms with E-state index in [0.717, 1.165) is 17.4 Å². The number of nitrogens with one attached hydrogen (secondary N) is 1. The van der Waals surface area contributed by atoms with Gasteiger partial charge in [0, 0.05) is 13.6 Å². The van der Waals surface area contributed by atoms with Gasteiger partial charge in [0.2, 0.25) is 0 Å². The van der Waals surface area contributed by atoms with Crippen molar-refractivity contribution in [2.75, 3.05) is 26.8 Å². The minimum Gasteiger partial charge on any atom is -0.494 e. The Morgan fingerprint density at radius 1 is 1.07 bits per heavy atom. The summed E-state index contributed by atoms with van der Waals surface area (Å²) in [6.45, 7) is 1.88. The van der Waals surface area contributed by atoms with E-state index in [0.29, 0.717) is 13.2 Å². The number of hydrogen-bond acceptors (Lipinski definition) is 5. The Morgan fingerprint density at radius 3 is 2.41 bits per heavy atom. The Hall–Kier alpha value is -3.42. The Labute approximate surface area is 168 Å². The standard InChI is InChI=1S/C21H23FN2O5/c1-3-28-16-10-8-15(9-11-16)13-24(2)19(25)14-29-20(26)12-23-21(27)17-6-4-5-7-18(17)22/h4-11H,3,12-14H2,1-2H3,(H,23,27). The number of ether oxygens (including phenoxy) is 2. The second kappa shape index (κ2) is 10.8. The summed E-state index contributed by atoms with van der Waals surface area (Å²) in [5.41, 5.74) is 0.722. The molecule has 29 heavy (non-hydrogen) atoms. The predicted octanol–water partition coefficient (Wildman–Crippen LogP) is 2.16. The van der Waals surface area contributed by atoms with Gasteiger partial charge in [-0.3, -0.25) is 14.4 Å². The monoisotopic (exact) mass is 402 g/mol. The first kappa shape index (κ1) is 21.9. The van der Waals surface area contributed by atoms with E-state index in [1.807, 2.05) is 31.2 Å².